The van der Waals surface area contributed by atoms with Crippen LogP contribution in [0.4, 0.5) is 0 Å². The molecule has 1 aliphatic carbocycles. The summed E-state index contributed by atoms with van der Waals surface area (Å²) in [5, 5.41) is 4.64. The highest BCUT2D eigenvalue weighted by Crippen LogP contribution is 2.48. The molecule has 4 aromatic heterocycles. The summed E-state index contributed by atoms with van der Waals surface area (Å²) >= 11 is 0. The first-order chi connectivity index (χ1) is 25.7. The van der Waals surface area contributed by atoms with Gasteiger partial charge >= 0.3 is 0 Å². The van der Waals surface area contributed by atoms with Crippen LogP contribution in [0.2, 0.25) is 0 Å². The van der Waals surface area contributed by atoms with Gasteiger partial charge in [0.1, 0.15) is 5.69 Å². The molecule has 0 saturated heterocycles. The molecule has 10 rings (SSSR count). The Kier molecular flexibility index (Phi) is 6.90. The summed E-state index contributed by atoms with van der Waals surface area (Å²) in [6.45, 7) is 9.59. The van der Waals surface area contributed by atoms with Crippen LogP contribution in [0, 0.1) is 0 Å². The first kappa shape index (κ1) is 31.5. The van der Waals surface area contributed by atoms with E-state index in [1.807, 2.05) is 48.7 Å². The minimum atomic E-state index is 0.112. The van der Waals surface area contributed by atoms with Gasteiger partial charge < -0.3 is 4.57 Å². The van der Waals surface area contributed by atoms with Crippen molar-refractivity contribution in [2.75, 3.05) is 0 Å². The van der Waals surface area contributed by atoms with E-state index in [-0.39, 0.29) is 10.8 Å². The Morgan fingerprint density at radius 2 is 1.11 bits per heavy atom. The standard InChI is InChI=1S/C47H38N6/c1-46(2)24-25-47(3,4)37-28-40-35(27-36(37)46)34-14-8-9-15-39(34)53(40)33-21-18-32(19-22-33)44-50-43(31-11-6-5-7-12-31)51-45(52-44)38-23-20-30-17-16-29-13-10-26-48-41(29)42(30)49-38/h5-23,26-28H,24-25H2,1-4H3. The van der Waals surface area contributed by atoms with Crippen molar-refractivity contribution in [3.63, 3.8) is 0 Å². The maximum atomic E-state index is 5.08. The van der Waals surface area contributed by atoms with Crippen molar-refractivity contribution in [2.24, 2.45) is 0 Å². The fourth-order valence-corrected chi connectivity index (χ4v) is 8.25. The molecule has 0 amide bonds. The molecular formula is C47H38N6. The van der Waals surface area contributed by atoms with E-state index >= 15 is 0 Å². The molecule has 0 unspecified atom stereocenters. The van der Waals surface area contributed by atoms with Gasteiger partial charge in [-0.05, 0) is 89.4 Å². The average Bonchev–Trinajstić information content (AvgIpc) is 3.53. The zero-order chi connectivity index (χ0) is 35.9. The van der Waals surface area contributed by atoms with Crippen LogP contribution in [-0.4, -0.2) is 29.5 Å². The Hall–Kier alpha value is -6.27. The summed E-state index contributed by atoms with van der Waals surface area (Å²) in [5.74, 6) is 1.72. The number of aromatic nitrogens is 6. The highest BCUT2D eigenvalue weighted by Gasteiger charge is 2.37. The summed E-state index contributed by atoms with van der Waals surface area (Å²) in [6, 6.07) is 44.6. The first-order valence-electron chi connectivity index (χ1n) is 18.4. The minimum absolute atomic E-state index is 0.112. The van der Waals surface area contributed by atoms with Gasteiger partial charge in [0.15, 0.2) is 17.5 Å². The third-order valence-corrected chi connectivity index (χ3v) is 11.4. The second-order valence-electron chi connectivity index (χ2n) is 15.7. The van der Waals surface area contributed by atoms with Crippen LogP contribution in [0.3, 0.4) is 0 Å². The second kappa shape index (κ2) is 11.6. The molecule has 4 heterocycles. The maximum Gasteiger partial charge on any atom is 0.182 e. The second-order valence-corrected chi connectivity index (χ2v) is 15.7. The van der Waals surface area contributed by atoms with E-state index in [1.54, 1.807) is 0 Å². The van der Waals surface area contributed by atoms with Gasteiger partial charge in [-0.25, -0.2) is 19.9 Å². The van der Waals surface area contributed by atoms with E-state index in [4.69, 9.17) is 19.9 Å². The summed E-state index contributed by atoms with van der Waals surface area (Å²) in [4.78, 5) is 24.8. The molecule has 9 aromatic rings. The number of hydrogen-bond donors (Lipinski definition) is 0. The zero-order valence-corrected chi connectivity index (χ0v) is 30.3. The quantitative estimate of drug-likeness (QED) is 0.172. The van der Waals surface area contributed by atoms with E-state index in [2.05, 4.69) is 122 Å². The Labute approximate surface area is 308 Å². The molecule has 0 radical (unpaired) electrons. The maximum absolute atomic E-state index is 5.08. The van der Waals surface area contributed by atoms with Gasteiger partial charge in [0, 0.05) is 44.6 Å². The third kappa shape index (κ3) is 5.12. The van der Waals surface area contributed by atoms with Crippen molar-refractivity contribution < 1.29 is 0 Å². The zero-order valence-electron chi connectivity index (χ0n) is 30.3. The smallest absolute Gasteiger partial charge is 0.182 e. The molecule has 5 aromatic carbocycles. The highest BCUT2D eigenvalue weighted by atomic mass is 15.0. The highest BCUT2D eigenvalue weighted by molar-refractivity contribution is 6.10. The molecule has 256 valence electrons. The third-order valence-electron chi connectivity index (χ3n) is 11.4. The minimum Gasteiger partial charge on any atom is -0.309 e. The van der Waals surface area contributed by atoms with Crippen LogP contribution >= 0.6 is 0 Å². The summed E-state index contributed by atoms with van der Waals surface area (Å²) < 4.78 is 2.41. The predicted molar refractivity (Wildman–Crippen MR) is 216 cm³/mol. The molecule has 1 aliphatic rings. The van der Waals surface area contributed by atoms with Gasteiger partial charge in [0.25, 0.3) is 0 Å². The molecule has 0 bridgehead atoms. The van der Waals surface area contributed by atoms with Crippen molar-refractivity contribution in [3.05, 3.63) is 145 Å². The lowest BCUT2D eigenvalue weighted by Crippen LogP contribution is -2.33. The van der Waals surface area contributed by atoms with Gasteiger partial charge in [0.2, 0.25) is 0 Å². The van der Waals surface area contributed by atoms with E-state index in [0.29, 0.717) is 23.2 Å². The van der Waals surface area contributed by atoms with Crippen molar-refractivity contribution in [1.29, 1.82) is 0 Å². The molecule has 0 spiro atoms. The van der Waals surface area contributed by atoms with Crippen molar-refractivity contribution >= 4 is 43.6 Å². The largest absolute Gasteiger partial charge is 0.309 e. The van der Waals surface area contributed by atoms with Gasteiger partial charge in [-0.15, -0.1) is 0 Å². The summed E-state index contributed by atoms with van der Waals surface area (Å²) in [5.41, 5.74) is 10.9. The normalized spacial score (nSPS) is 14.9. The van der Waals surface area contributed by atoms with E-state index < -0.39 is 0 Å². The van der Waals surface area contributed by atoms with E-state index in [9.17, 15) is 0 Å². The fourth-order valence-electron chi connectivity index (χ4n) is 8.25. The Balaban J connectivity index is 1.12. The topological polar surface area (TPSA) is 69.4 Å². The first-order valence-corrected chi connectivity index (χ1v) is 18.4. The molecule has 53 heavy (non-hydrogen) atoms. The monoisotopic (exact) mass is 686 g/mol. The van der Waals surface area contributed by atoms with Gasteiger partial charge in [0.05, 0.1) is 22.1 Å². The Bertz CT molecular complexity index is 2890. The molecule has 0 N–H and O–H groups in total. The lowest BCUT2D eigenvalue weighted by molar-refractivity contribution is 0.332. The van der Waals surface area contributed by atoms with Crippen LogP contribution in [0.5, 0.6) is 0 Å². The summed E-state index contributed by atoms with van der Waals surface area (Å²) in [7, 11) is 0. The predicted octanol–water partition coefficient (Wildman–Crippen LogP) is 11.4. The number of benzene rings is 5. The summed E-state index contributed by atoms with van der Waals surface area (Å²) in [6.07, 6.45) is 4.17. The SMILES string of the molecule is CC1(C)CCC(C)(C)c2cc3c(cc21)c1ccccc1n3-c1ccc(-c2nc(-c3ccccc3)nc(-c3ccc4ccc5cccnc5c4n3)n2)cc1. The molecule has 0 atom stereocenters. The number of nitrogens with zero attached hydrogens (tertiary/aromatic N) is 6. The molecule has 0 aliphatic heterocycles. The average molecular weight is 687 g/mol. The van der Waals surface area contributed by atoms with Crippen molar-refractivity contribution in [1.82, 2.24) is 29.5 Å². The lowest BCUT2D eigenvalue weighted by Gasteiger charge is -2.42. The van der Waals surface area contributed by atoms with E-state index in [1.165, 1.54) is 45.8 Å². The Morgan fingerprint density at radius 3 is 1.87 bits per heavy atom. The molecule has 6 heteroatoms. The molecule has 6 nitrogen and oxygen atoms in total. The van der Waals surface area contributed by atoms with E-state index in [0.717, 1.165) is 38.6 Å². The van der Waals surface area contributed by atoms with Crippen molar-refractivity contribution in [3.8, 4) is 40.0 Å². The van der Waals surface area contributed by atoms with Crippen molar-refractivity contribution in [2.45, 2.75) is 51.4 Å². The van der Waals surface area contributed by atoms with Crippen LogP contribution in [0.1, 0.15) is 51.7 Å². The van der Waals surface area contributed by atoms with Gasteiger partial charge in [-0.1, -0.05) is 100 Å². The lowest BCUT2D eigenvalue weighted by atomic mass is 9.63. The van der Waals surface area contributed by atoms with Gasteiger partial charge in [-0.3, -0.25) is 4.98 Å². The number of fused-ring (bicyclic) bond motifs is 7. The molecular weight excluding hydrogens is 649 g/mol. The molecule has 0 fully saturated rings. The Morgan fingerprint density at radius 1 is 0.491 bits per heavy atom. The molecule has 0 saturated carbocycles. The number of pyridine rings is 2. The van der Waals surface area contributed by atoms with Gasteiger partial charge in [-0.2, -0.15) is 0 Å². The number of hydrogen-bond acceptors (Lipinski definition) is 5. The number of para-hydroxylation sites is 1. The van der Waals surface area contributed by atoms with Crippen LogP contribution in [-0.2, 0) is 10.8 Å². The van der Waals surface area contributed by atoms with Crippen LogP contribution in [0.25, 0.3) is 83.6 Å². The van der Waals surface area contributed by atoms with Crippen LogP contribution < -0.4 is 0 Å². The van der Waals surface area contributed by atoms with Crippen LogP contribution in [0.15, 0.2) is 134 Å². The number of rotatable bonds is 4. The fraction of sp³-hybridized carbons (Fsp3) is 0.170.